The van der Waals surface area contributed by atoms with Crippen LogP contribution in [0.1, 0.15) is 18.3 Å². The van der Waals surface area contributed by atoms with Crippen LogP contribution >= 0.6 is 12.2 Å². The minimum atomic E-state index is -4.32. The summed E-state index contributed by atoms with van der Waals surface area (Å²) in [5.41, 5.74) is 0.654. The third-order valence-corrected chi connectivity index (χ3v) is 2.86. The number of H-pyrrole nitrogens is 1. The van der Waals surface area contributed by atoms with Crippen LogP contribution in [0.4, 0.5) is 13.2 Å². The minimum Gasteiger partial charge on any atom is -0.343 e. The predicted octanol–water partition coefficient (Wildman–Crippen LogP) is 4.39. The number of hydrogen-bond donors (Lipinski definition) is 1. The van der Waals surface area contributed by atoms with Gasteiger partial charge in [0.1, 0.15) is 10.5 Å². The Labute approximate surface area is 113 Å². The lowest BCUT2D eigenvalue weighted by atomic mass is 10.1. The number of alkyl halides is 3. The maximum atomic E-state index is 12.5. The van der Waals surface area contributed by atoms with Crippen molar-refractivity contribution in [2.24, 2.45) is 0 Å². The van der Waals surface area contributed by atoms with Crippen molar-refractivity contribution < 1.29 is 13.2 Å². The number of nitrogens with one attached hydrogen (secondary N) is 1. The smallest absolute Gasteiger partial charge is 0.343 e. The molecule has 1 N–H and O–H groups in total. The number of nitrogens with zero attached hydrogens (tertiary/aromatic N) is 1. The maximum Gasteiger partial charge on any atom is 0.416 e. The van der Waals surface area contributed by atoms with Crippen LogP contribution in [0.3, 0.4) is 0 Å². The van der Waals surface area contributed by atoms with E-state index in [1.165, 1.54) is 12.1 Å². The van der Waals surface area contributed by atoms with Gasteiger partial charge in [0.25, 0.3) is 0 Å². The summed E-state index contributed by atoms with van der Waals surface area (Å²) in [5, 5.41) is 0. The molecule has 0 spiro atoms. The summed E-state index contributed by atoms with van der Waals surface area (Å²) in [6, 6.07) is 6.58. The fourth-order valence-corrected chi connectivity index (χ4v) is 1.90. The first kappa shape index (κ1) is 13.7. The summed E-state index contributed by atoms with van der Waals surface area (Å²) in [6.07, 6.45) is -3.64. The zero-order valence-electron chi connectivity index (χ0n) is 10.1. The second-order valence-corrected chi connectivity index (χ2v) is 4.43. The zero-order chi connectivity index (χ0) is 14.0. The molecule has 0 unspecified atom stereocenters. The van der Waals surface area contributed by atoms with E-state index in [1.807, 2.05) is 6.92 Å². The summed E-state index contributed by atoms with van der Waals surface area (Å²) in [7, 11) is 0. The summed E-state index contributed by atoms with van der Waals surface area (Å²) in [4.78, 5) is 7.16. The van der Waals surface area contributed by atoms with Crippen LogP contribution in [0.2, 0.25) is 0 Å². The Bertz CT molecular complexity index is 630. The van der Waals surface area contributed by atoms with Crippen molar-refractivity contribution in [3.63, 3.8) is 0 Å². The fraction of sp³-hybridized carbons (Fsp3) is 0.231. The number of benzene rings is 1. The predicted molar refractivity (Wildman–Crippen MR) is 69.2 cm³/mol. The molecule has 0 aliphatic carbocycles. The molecule has 0 atom stereocenters. The van der Waals surface area contributed by atoms with Crippen LogP contribution in [0.25, 0.3) is 11.3 Å². The molecule has 0 aliphatic heterocycles. The lowest BCUT2D eigenvalue weighted by molar-refractivity contribution is -0.137. The number of hydrogen-bond acceptors (Lipinski definition) is 2. The Kier molecular flexibility index (Phi) is 3.71. The first-order chi connectivity index (χ1) is 8.90. The van der Waals surface area contributed by atoms with Crippen LogP contribution in [-0.4, -0.2) is 9.97 Å². The van der Waals surface area contributed by atoms with Crippen LogP contribution in [0, 0.1) is 4.64 Å². The molecule has 6 heteroatoms. The van der Waals surface area contributed by atoms with Gasteiger partial charge in [0.15, 0.2) is 0 Å². The van der Waals surface area contributed by atoms with Gasteiger partial charge in [-0.3, -0.25) is 0 Å². The maximum absolute atomic E-state index is 12.5. The van der Waals surface area contributed by atoms with Crippen molar-refractivity contribution in [3.05, 3.63) is 46.4 Å². The summed E-state index contributed by atoms with van der Waals surface area (Å²) in [6.45, 7) is 1.92. The van der Waals surface area contributed by atoms with E-state index in [0.717, 1.165) is 12.1 Å². The third-order valence-electron chi connectivity index (χ3n) is 2.65. The number of aromatic amines is 1. The van der Waals surface area contributed by atoms with E-state index in [2.05, 4.69) is 9.97 Å². The number of rotatable bonds is 2. The Morgan fingerprint density at radius 1 is 1.21 bits per heavy atom. The molecule has 1 heterocycles. The molecule has 0 radical (unpaired) electrons. The van der Waals surface area contributed by atoms with E-state index in [-0.39, 0.29) is 0 Å². The highest BCUT2D eigenvalue weighted by atomic mass is 32.1. The van der Waals surface area contributed by atoms with E-state index in [1.54, 1.807) is 6.07 Å². The molecule has 1 aromatic heterocycles. The lowest BCUT2D eigenvalue weighted by Crippen LogP contribution is -2.04. The van der Waals surface area contributed by atoms with Crippen LogP contribution < -0.4 is 0 Å². The summed E-state index contributed by atoms with van der Waals surface area (Å²) >= 11 is 5.03. The van der Waals surface area contributed by atoms with Gasteiger partial charge in [-0.05, 0) is 23.8 Å². The van der Waals surface area contributed by atoms with E-state index in [0.29, 0.717) is 28.1 Å². The standard InChI is InChI=1S/C13H11F3N2S/c1-2-11-17-10(7-12(19)18-11)8-3-5-9(6-4-8)13(14,15)16/h3-7H,2H2,1H3,(H,17,18,19). The van der Waals surface area contributed by atoms with E-state index in [9.17, 15) is 13.2 Å². The topological polar surface area (TPSA) is 28.7 Å². The summed E-state index contributed by atoms with van der Waals surface area (Å²) < 4.78 is 37.8. The molecule has 2 nitrogen and oxygen atoms in total. The van der Waals surface area contributed by atoms with Crippen molar-refractivity contribution in [1.29, 1.82) is 0 Å². The molecular weight excluding hydrogens is 273 g/mol. The molecular formula is C13H11F3N2S. The highest BCUT2D eigenvalue weighted by molar-refractivity contribution is 7.71. The van der Waals surface area contributed by atoms with Gasteiger partial charge in [0.05, 0.1) is 5.56 Å². The lowest BCUT2D eigenvalue weighted by Gasteiger charge is -2.08. The molecule has 0 saturated carbocycles. The van der Waals surface area contributed by atoms with Crippen molar-refractivity contribution in [2.45, 2.75) is 19.5 Å². The van der Waals surface area contributed by atoms with E-state index < -0.39 is 11.7 Å². The van der Waals surface area contributed by atoms with Crippen LogP contribution in [-0.2, 0) is 12.6 Å². The number of halogens is 3. The second kappa shape index (κ2) is 5.13. The van der Waals surface area contributed by atoms with Crippen molar-refractivity contribution in [1.82, 2.24) is 9.97 Å². The normalized spacial score (nSPS) is 11.6. The Morgan fingerprint density at radius 3 is 2.37 bits per heavy atom. The first-order valence-corrected chi connectivity index (χ1v) is 6.09. The van der Waals surface area contributed by atoms with Gasteiger partial charge < -0.3 is 4.98 Å². The minimum absolute atomic E-state index is 0.422. The molecule has 0 amide bonds. The van der Waals surface area contributed by atoms with Gasteiger partial charge in [-0.25, -0.2) is 4.98 Å². The zero-order valence-corrected chi connectivity index (χ0v) is 10.9. The molecule has 100 valence electrons. The Morgan fingerprint density at radius 2 is 1.84 bits per heavy atom. The van der Waals surface area contributed by atoms with Gasteiger partial charge in [-0.1, -0.05) is 31.3 Å². The van der Waals surface area contributed by atoms with Gasteiger partial charge in [-0.15, -0.1) is 0 Å². The van der Waals surface area contributed by atoms with Crippen molar-refractivity contribution in [2.75, 3.05) is 0 Å². The van der Waals surface area contributed by atoms with Gasteiger partial charge in [-0.2, -0.15) is 13.2 Å². The van der Waals surface area contributed by atoms with Gasteiger partial charge >= 0.3 is 6.18 Å². The molecule has 2 rings (SSSR count). The molecule has 2 aromatic rings. The Hall–Kier alpha value is -1.69. The van der Waals surface area contributed by atoms with E-state index >= 15 is 0 Å². The third kappa shape index (κ3) is 3.20. The Balaban J connectivity index is 2.43. The number of aromatic nitrogens is 2. The monoisotopic (exact) mass is 284 g/mol. The first-order valence-electron chi connectivity index (χ1n) is 5.68. The van der Waals surface area contributed by atoms with Crippen molar-refractivity contribution in [3.8, 4) is 11.3 Å². The molecule has 1 aromatic carbocycles. The quantitative estimate of drug-likeness (QED) is 0.829. The van der Waals surface area contributed by atoms with Gasteiger partial charge in [0.2, 0.25) is 0 Å². The van der Waals surface area contributed by atoms with Crippen LogP contribution in [0.5, 0.6) is 0 Å². The molecule has 0 bridgehead atoms. The van der Waals surface area contributed by atoms with E-state index in [4.69, 9.17) is 12.2 Å². The van der Waals surface area contributed by atoms with Crippen molar-refractivity contribution >= 4 is 12.2 Å². The average Bonchev–Trinajstić information content (AvgIpc) is 2.37. The molecule has 0 aliphatic rings. The SMILES string of the molecule is CCc1nc(=S)cc(-c2ccc(C(F)(F)F)cc2)[nH]1. The highest BCUT2D eigenvalue weighted by Gasteiger charge is 2.29. The molecule has 19 heavy (non-hydrogen) atoms. The average molecular weight is 284 g/mol. The number of aryl methyl sites for hydroxylation is 1. The fourth-order valence-electron chi connectivity index (χ4n) is 1.67. The molecule has 0 saturated heterocycles. The highest BCUT2D eigenvalue weighted by Crippen LogP contribution is 2.30. The summed E-state index contributed by atoms with van der Waals surface area (Å²) in [5.74, 6) is 0.711. The second-order valence-electron chi connectivity index (χ2n) is 4.01. The van der Waals surface area contributed by atoms with Crippen LogP contribution in [0.15, 0.2) is 30.3 Å². The largest absolute Gasteiger partial charge is 0.416 e. The van der Waals surface area contributed by atoms with Gasteiger partial charge in [0, 0.05) is 12.1 Å². The molecule has 0 fully saturated rings.